The summed E-state index contributed by atoms with van der Waals surface area (Å²) in [6.07, 6.45) is -4.14. The number of hydrogen-bond acceptors (Lipinski definition) is 12. The van der Waals surface area contributed by atoms with Crippen LogP contribution in [0.2, 0.25) is 0 Å². The summed E-state index contributed by atoms with van der Waals surface area (Å²) in [5, 5.41) is 43.7. The number of thioether (sulfide) groups is 1. The van der Waals surface area contributed by atoms with Gasteiger partial charge in [-0.25, -0.2) is 9.48 Å². The van der Waals surface area contributed by atoms with Gasteiger partial charge in [-0.15, -0.1) is 5.10 Å². The van der Waals surface area contributed by atoms with E-state index in [1.807, 2.05) is 30.3 Å². The Kier molecular flexibility index (Phi) is 11.7. The highest BCUT2D eigenvalue weighted by atomic mass is 32.2. The van der Waals surface area contributed by atoms with Crippen molar-refractivity contribution in [2.24, 2.45) is 5.73 Å². The second-order valence-corrected chi connectivity index (χ2v) is 10.4. The summed E-state index contributed by atoms with van der Waals surface area (Å²) >= 11 is 1.63. The number of nitrogens with zero attached hydrogens (tertiary/aromatic N) is 3. The molecule has 2 aromatic rings. The van der Waals surface area contributed by atoms with Gasteiger partial charge in [-0.3, -0.25) is 4.79 Å². The van der Waals surface area contributed by atoms with Crippen LogP contribution in [0.5, 0.6) is 0 Å². The molecule has 39 heavy (non-hydrogen) atoms. The van der Waals surface area contributed by atoms with E-state index in [1.54, 1.807) is 18.0 Å². The molecule has 1 amide bonds. The maximum Gasteiger partial charge on any atom is 0.366 e. The highest BCUT2D eigenvalue weighted by Crippen LogP contribution is 2.34. The van der Waals surface area contributed by atoms with Crippen LogP contribution >= 0.6 is 11.8 Å². The Morgan fingerprint density at radius 1 is 1.31 bits per heavy atom. The van der Waals surface area contributed by atoms with Gasteiger partial charge in [0.25, 0.3) is 5.79 Å². The lowest BCUT2D eigenvalue weighted by molar-refractivity contribution is -0.312. The molecule has 1 aliphatic rings. The molecule has 6 atom stereocenters. The highest BCUT2D eigenvalue weighted by Gasteiger charge is 2.56. The van der Waals surface area contributed by atoms with Crippen LogP contribution in [0, 0.1) is 0 Å². The quantitative estimate of drug-likeness (QED) is 0.143. The number of aliphatic hydroxyl groups is 3. The molecule has 14 heteroatoms. The van der Waals surface area contributed by atoms with Gasteiger partial charge in [0.05, 0.1) is 38.6 Å². The molecule has 1 unspecified atom stereocenters. The maximum atomic E-state index is 12.8. The fraction of sp³-hybridized carbons (Fsp3) is 0.600. The van der Waals surface area contributed by atoms with E-state index in [-0.39, 0.29) is 19.6 Å². The largest absolute Gasteiger partial charge is 0.465 e. The van der Waals surface area contributed by atoms with E-state index < -0.39 is 48.1 Å². The molecule has 0 radical (unpaired) electrons. The highest BCUT2D eigenvalue weighted by molar-refractivity contribution is 7.99. The Bertz CT molecular complexity index is 1060. The SMILES string of the molecule is COC(=O)[C@@]1(OCCCSCCN)C[C@@H](O)[C@@H](NC(C)=O)C([C@H](O)[C@H](O)Cn2cc(-c3ccccc3)nn2)O1. The molecule has 2 heterocycles. The van der Waals surface area contributed by atoms with Crippen molar-refractivity contribution in [3.05, 3.63) is 36.5 Å². The Morgan fingerprint density at radius 3 is 2.72 bits per heavy atom. The number of carbonyl (C=O) groups excluding carboxylic acids is 2. The van der Waals surface area contributed by atoms with E-state index >= 15 is 0 Å². The number of rotatable bonds is 14. The third-order valence-corrected chi connectivity index (χ3v) is 7.28. The number of aliphatic hydroxyl groups excluding tert-OH is 3. The van der Waals surface area contributed by atoms with Gasteiger partial charge >= 0.3 is 5.97 Å². The van der Waals surface area contributed by atoms with Crippen molar-refractivity contribution in [2.45, 2.75) is 62.6 Å². The Labute approximate surface area is 231 Å². The first-order chi connectivity index (χ1) is 18.7. The summed E-state index contributed by atoms with van der Waals surface area (Å²) in [4.78, 5) is 24.7. The summed E-state index contributed by atoms with van der Waals surface area (Å²) < 4.78 is 18.1. The first-order valence-corrected chi connectivity index (χ1v) is 13.8. The smallest absolute Gasteiger partial charge is 0.366 e. The van der Waals surface area contributed by atoms with Crippen LogP contribution in [0.4, 0.5) is 0 Å². The van der Waals surface area contributed by atoms with Crippen LogP contribution in [-0.4, -0.2) is 110 Å². The maximum absolute atomic E-state index is 12.8. The summed E-state index contributed by atoms with van der Waals surface area (Å²) in [6, 6.07) is 8.16. The monoisotopic (exact) mass is 567 g/mol. The zero-order valence-corrected chi connectivity index (χ0v) is 22.8. The summed E-state index contributed by atoms with van der Waals surface area (Å²) in [5.41, 5.74) is 6.90. The summed E-state index contributed by atoms with van der Waals surface area (Å²) in [7, 11) is 1.15. The third kappa shape index (κ3) is 8.20. The first-order valence-electron chi connectivity index (χ1n) is 12.7. The minimum absolute atomic E-state index is 0.0940. The first kappa shape index (κ1) is 30.9. The molecule has 1 saturated heterocycles. The predicted octanol–water partition coefficient (Wildman–Crippen LogP) is -0.711. The molecule has 6 N–H and O–H groups in total. The normalized spacial score (nSPS) is 24.6. The van der Waals surface area contributed by atoms with Crippen LogP contribution in [0.25, 0.3) is 11.3 Å². The van der Waals surface area contributed by atoms with Gasteiger partial charge < -0.3 is 40.6 Å². The summed E-state index contributed by atoms with van der Waals surface area (Å²) in [5.74, 6) is -1.96. The molecule has 0 spiro atoms. The Morgan fingerprint density at radius 2 is 2.05 bits per heavy atom. The van der Waals surface area contributed by atoms with Gasteiger partial charge in [-0.2, -0.15) is 11.8 Å². The van der Waals surface area contributed by atoms with Crippen LogP contribution < -0.4 is 11.1 Å². The van der Waals surface area contributed by atoms with Gasteiger partial charge in [0, 0.05) is 31.2 Å². The van der Waals surface area contributed by atoms with E-state index in [2.05, 4.69) is 15.6 Å². The lowest BCUT2D eigenvalue weighted by Gasteiger charge is -2.47. The number of hydrogen-bond donors (Lipinski definition) is 5. The van der Waals surface area contributed by atoms with Crippen molar-refractivity contribution in [1.82, 2.24) is 20.3 Å². The fourth-order valence-corrected chi connectivity index (χ4v) is 5.02. The van der Waals surface area contributed by atoms with Crippen molar-refractivity contribution >= 4 is 23.6 Å². The molecule has 13 nitrogen and oxygen atoms in total. The number of aromatic nitrogens is 3. The minimum Gasteiger partial charge on any atom is -0.465 e. The van der Waals surface area contributed by atoms with Gasteiger partial charge in [0.1, 0.15) is 24.0 Å². The molecule has 3 rings (SSSR count). The van der Waals surface area contributed by atoms with Crippen molar-refractivity contribution < 1.29 is 39.1 Å². The molecule has 0 saturated carbocycles. The van der Waals surface area contributed by atoms with E-state index in [9.17, 15) is 24.9 Å². The Hall–Kier alpha value is -2.59. The number of amides is 1. The molecule has 0 bridgehead atoms. The van der Waals surface area contributed by atoms with Gasteiger partial charge in [0.15, 0.2) is 0 Å². The van der Waals surface area contributed by atoms with Gasteiger partial charge in [-0.1, -0.05) is 35.5 Å². The topological polar surface area (TPSA) is 191 Å². The van der Waals surface area contributed by atoms with E-state index in [4.69, 9.17) is 19.9 Å². The molecule has 1 aliphatic heterocycles. The molecule has 1 aromatic heterocycles. The van der Waals surface area contributed by atoms with Crippen molar-refractivity contribution in [3.8, 4) is 11.3 Å². The van der Waals surface area contributed by atoms with Crippen LogP contribution in [0.3, 0.4) is 0 Å². The third-order valence-electron chi connectivity index (χ3n) is 6.18. The van der Waals surface area contributed by atoms with Crippen LogP contribution in [-0.2, 0) is 30.3 Å². The number of methoxy groups -OCH3 is 1. The number of carbonyl (C=O) groups is 2. The van der Waals surface area contributed by atoms with Crippen molar-refractivity contribution in [3.63, 3.8) is 0 Å². The molecular weight excluding hydrogens is 530 g/mol. The Balaban J connectivity index is 1.78. The molecule has 0 aliphatic carbocycles. The minimum atomic E-state index is -2.05. The number of nitrogens with one attached hydrogen (secondary N) is 1. The number of nitrogens with two attached hydrogens (primary N) is 1. The van der Waals surface area contributed by atoms with Crippen molar-refractivity contribution in [1.29, 1.82) is 0 Å². The van der Waals surface area contributed by atoms with E-state index in [0.29, 0.717) is 18.7 Å². The second kappa shape index (κ2) is 14.7. The molecule has 1 fully saturated rings. The predicted molar refractivity (Wildman–Crippen MR) is 142 cm³/mol. The average molecular weight is 568 g/mol. The lowest BCUT2D eigenvalue weighted by Crippen LogP contribution is -2.68. The molecular formula is C25H37N5O8S. The average Bonchev–Trinajstić information content (AvgIpc) is 3.39. The molecule has 216 valence electrons. The second-order valence-electron chi connectivity index (χ2n) is 9.18. The standard InChI is InChI=1S/C25H37N5O8S/c1-16(31)27-21-19(32)13-25(24(35)36-2,37-10-6-11-39-12-9-26)38-23(21)22(34)20(33)15-30-14-18(28-29-30)17-7-4-3-5-8-17/h3-5,7-8,14,19-23,32-34H,6,9-13,15,26H2,1-2H3,(H,27,31)/t19-,20-,21-,22-,23?,25-/m1/s1. The van der Waals surface area contributed by atoms with E-state index in [0.717, 1.165) is 24.2 Å². The van der Waals surface area contributed by atoms with Crippen LogP contribution in [0.15, 0.2) is 36.5 Å². The van der Waals surface area contributed by atoms with Gasteiger partial charge in [-0.05, 0) is 12.2 Å². The lowest BCUT2D eigenvalue weighted by atomic mass is 9.88. The zero-order valence-electron chi connectivity index (χ0n) is 22.0. The number of ether oxygens (including phenoxy) is 3. The van der Waals surface area contributed by atoms with Crippen LogP contribution in [0.1, 0.15) is 19.8 Å². The fourth-order valence-electron chi connectivity index (χ4n) is 4.33. The number of esters is 1. The van der Waals surface area contributed by atoms with Crippen molar-refractivity contribution in [2.75, 3.05) is 31.8 Å². The van der Waals surface area contributed by atoms with E-state index in [1.165, 1.54) is 11.6 Å². The zero-order chi connectivity index (χ0) is 28.4. The van der Waals surface area contributed by atoms with Gasteiger partial charge in [0.2, 0.25) is 5.91 Å². The number of benzene rings is 1. The molecule has 1 aromatic carbocycles. The summed E-state index contributed by atoms with van der Waals surface area (Å²) in [6.45, 7) is 1.69.